The molecule has 1 fully saturated rings. The molecule has 0 atom stereocenters. The molecule has 7 heteroatoms. The quantitative estimate of drug-likeness (QED) is 0.275. The highest BCUT2D eigenvalue weighted by atomic mass is 19.4. The summed E-state index contributed by atoms with van der Waals surface area (Å²) in [5, 5.41) is 0.129. The molecule has 34 heavy (non-hydrogen) atoms. The maximum atomic E-state index is 14.6. The zero-order valence-electron chi connectivity index (χ0n) is 18.4. The minimum atomic E-state index is -4.85. The molecule has 4 rings (SSSR count). The van der Waals surface area contributed by atoms with Gasteiger partial charge in [0, 0.05) is 11.3 Å². The molecule has 0 spiro atoms. The van der Waals surface area contributed by atoms with Gasteiger partial charge in [-0.05, 0) is 91.3 Å². The molecule has 0 radical (unpaired) electrons. The number of fused-ring (bicyclic) bond motifs is 1. The van der Waals surface area contributed by atoms with E-state index in [0.29, 0.717) is 12.4 Å². The summed E-state index contributed by atoms with van der Waals surface area (Å²) in [5.74, 6) is 0.825. The second-order valence-electron chi connectivity index (χ2n) is 8.73. The summed E-state index contributed by atoms with van der Waals surface area (Å²) in [6.45, 7) is 2.27. The number of ether oxygens (including phenoxy) is 1. The topological polar surface area (TPSA) is 9.23 Å². The van der Waals surface area contributed by atoms with Gasteiger partial charge in [0.25, 0.3) is 0 Å². The Balaban J connectivity index is 1.41. The van der Waals surface area contributed by atoms with E-state index in [2.05, 4.69) is 0 Å². The molecule has 1 nitrogen and oxygen atoms in total. The van der Waals surface area contributed by atoms with E-state index in [0.717, 1.165) is 48.8 Å². The summed E-state index contributed by atoms with van der Waals surface area (Å²) in [4.78, 5) is 0. The lowest BCUT2D eigenvalue weighted by atomic mass is 9.78. The summed E-state index contributed by atoms with van der Waals surface area (Å²) in [7, 11) is 0. The van der Waals surface area contributed by atoms with Crippen molar-refractivity contribution in [1.29, 1.82) is 0 Å². The normalized spacial score (nSPS) is 18.4. The molecule has 3 aromatic carbocycles. The lowest BCUT2D eigenvalue weighted by Crippen LogP contribution is -2.19. The van der Waals surface area contributed by atoms with Crippen LogP contribution in [-0.2, 0) is 0 Å². The van der Waals surface area contributed by atoms with Crippen molar-refractivity contribution in [2.24, 2.45) is 5.92 Å². The lowest BCUT2D eigenvalue weighted by Gasteiger charge is -2.29. The molecular formula is C27H22F6O. The summed E-state index contributed by atoms with van der Waals surface area (Å²) >= 11 is 0. The molecule has 0 amide bonds. The van der Waals surface area contributed by atoms with Gasteiger partial charge in [0.2, 0.25) is 0 Å². The number of hydrogen-bond acceptors (Lipinski definition) is 1. The smallest absolute Gasteiger partial charge is 0.458 e. The maximum Gasteiger partial charge on any atom is 0.458 e. The fourth-order valence-electron chi connectivity index (χ4n) is 4.46. The van der Waals surface area contributed by atoms with E-state index in [4.69, 9.17) is 4.74 Å². The first-order valence-corrected chi connectivity index (χ1v) is 11.0. The fourth-order valence-corrected chi connectivity index (χ4v) is 4.46. The Morgan fingerprint density at radius 3 is 2.32 bits per heavy atom. The summed E-state index contributed by atoms with van der Waals surface area (Å²) in [6, 6.07) is 10.6. The van der Waals surface area contributed by atoms with Crippen LogP contribution in [0.3, 0.4) is 0 Å². The van der Waals surface area contributed by atoms with Crippen LogP contribution in [0.2, 0.25) is 0 Å². The third-order valence-electron chi connectivity index (χ3n) is 6.26. The molecule has 0 N–H and O–H groups in total. The van der Waals surface area contributed by atoms with E-state index in [-0.39, 0.29) is 28.4 Å². The van der Waals surface area contributed by atoms with E-state index >= 15 is 0 Å². The van der Waals surface area contributed by atoms with Crippen molar-refractivity contribution < 1.29 is 31.1 Å². The van der Waals surface area contributed by atoms with E-state index in [1.54, 1.807) is 6.07 Å². The third-order valence-corrected chi connectivity index (χ3v) is 6.26. The average Bonchev–Trinajstić information content (AvgIpc) is 2.77. The van der Waals surface area contributed by atoms with Crippen molar-refractivity contribution in [3.05, 3.63) is 76.6 Å². The SMILES string of the molecule is Cc1ccc(C2CCC(COc3ccc4c(F)c(C#CC(F)(F)F)c(F)cc4c3)CC2)c(F)c1. The van der Waals surface area contributed by atoms with Gasteiger partial charge in [-0.15, -0.1) is 0 Å². The van der Waals surface area contributed by atoms with Crippen molar-refractivity contribution >= 4 is 10.8 Å². The zero-order valence-corrected chi connectivity index (χ0v) is 18.4. The predicted molar refractivity (Wildman–Crippen MR) is 118 cm³/mol. The Morgan fingerprint density at radius 1 is 0.912 bits per heavy atom. The molecule has 0 aliphatic heterocycles. The fraction of sp³-hybridized carbons (Fsp3) is 0.333. The van der Waals surface area contributed by atoms with Crippen LogP contribution in [0.1, 0.15) is 48.3 Å². The molecule has 0 heterocycles. The van der Waals surface area contributed by atoms with Gasteiger partial charge in [0.15, 0.2) is 0 Å². The number of aryl methyl sites for hydroxylation is 1. The highest BCUT2D eigenvalue weighted by Gasteiger charge is 2.25. The van der Waals surface area contributed by atoms with Gasteiger partial charge >= 0.3 is 6.18 Å². The molecular weight excluding hydrogens is 454 g/mol. The van der Waals surface area contributed by atoms with E-state index in [1.165, 1.54) is 24.1 Å². The second-order valence-corrected chi connectivity index (χ2v) is 8.73. The standard InChI is InChI=1S/C27H22F6O/c1-16-2-8-21(24(28)12-16)18-5-3-17(4-6-18)15-34-20-7-9-22-19(13-20)14-25(29)23(26(22)30)10-11-27(31,32)33/h2,7-9,12-14,17-18H,3-6,15H2,1H3. The van der Waals surface area contributed by atoms with Crippen molar-refractivity contribution in [3.63, 3.8) is 0 Å². The molecule has 0 unspecified atom stereocenters. The first-order valence-electron chi connectivity index (χ1n) is 11.0. The van der Waals surface area contributed by atoms with Crippen LogP contribution in [0.4, 0.5) is 26.3 Å². The van der Waals surface area contributed by atoms with Gasteiger partial charge in [-0.2, -0.15) is 13.2 Å². The molecule has 1 aliphatic rings. The minimum absolute atomic E-state index is 0.0409. The maximum absolute atomic E-state index is 14.6. The number of benzene rings is 3. The Bertz CT molecular complexity index is 1260. The summed E-state index contributed by atoms with van der Waals surface area (Å²) < 4.78 is 85.8. The molecule has 1 saturated carbocycles. The van der Waals surface area contributed by atoms with Crippen LogP contribution in [0.5, 0.6) is 5.75 Å². The third kappa shape index (κ3) is 5.49. The van der Waals surface area contributed by atoms with Gasteiger partial charge in [-0.1, -0.05) is 18.1 Å². The average molecular weight is 476 g/mol. The lowest BCUT2D eigenvalue weighted by molar-refractivity contribution is -0.0696. The molecule has 0 bridgehead atoms. The van der Waals surface area contributed by atoms with Gasteiger partial charge in [0.1, 0.15) is 23.2 Å². The Hall–Kier alpha value is -3.14. The second kappa shape index (κ2) is 9.61. The van der Waals surface area contributed by atoms with Gasteiger partial charge in [0.05, 0.1) is 12.2 Å². The van der Waals surface area contributed by atoms with Crippen molar-refractivity contribution in [3.8, 4) is 17.6 Å². The predicted octanol–water partition coefficient (Wildman–Crippen LogP) is 7.83. The van der Waals surface area contributed by atoms with Crippen LogP contribution in [0.25, 0.3) is 10.8 Å². The highest BCUT2D eigenvalue weighted by Crippen LogP contribution is 2.37. The van der Waals surface area contributed by atoms with Gasteiger partial charge < -0.3 is 4.74 Å². The number of halogens is 6. The van der Waals surface area contributed by atoms with Crippen LogP contribution in [0.15, 0.2) is 42.5 Å². The number of alkyl halides is 3. The first-order chi connectivity index (χ1) is 16.1. The van der Waals surface area contributed by atoms with Crippen LogP contribution >= 0.6 is 0 Å². The van der Waals surface area contributed by atoms with E-state index in [1.807, 2.05) is 19.1 Å². The van der Waals surface area contributed by atoms with E-state index in [9.17, 15) is 26.3 Å². The van der Waals surface area contributed by atoms with Gasteiger partial charge in [-0.25, -0.2) is 13.2 Å². The monoisotopic (exact) mass is 476 g/mol. The number of rotatable bonds is 4. The van der Waals surface area contributed by atoms with Crippen molar-refractivity contribution in [2.75, 3.05) is 6.61 Å². The Morgan fingerprint density at radius 2 is 1.65 bits per heavy atom. The molecule has 0 saturated heterocycles. The first kappa shape index (κ1) is 24.0. The van der Waals surface area contributed by atoms with Crippen LogP contribution in [0, 0.1) is 42.1 Å². The minimum Gasteiger partial charge on any atom is -0.493 e. The zero-order chi connectivity index (χ0) is 24.5. The Labute approximate surface area is 193 Å². The molecule has 0 aromatic heterocycles. The number of hydrogen-bond donors (Lipinski definition) is 0. The largest absolute Gasteiger partial charge is 0.493 e. The highest BCUT2D eigenvalue weighted by molar-refractivity contribution is 5.86. The van der Waals surface area contributed by atoms with Crippen LogP contribution < -0.4 is 4.74 Å². The molecule has 178 valence electrons. The Kier molecular flexibility index (Phi) is 6.79. The van der Waals surface area contributed by atoms with E-state index < -0.39 is 23.4 Å². The van der Waals surface area contributed by atoms with Gasteiger partial charge in [-0.3, -0.25) is 0 Å². The van der Waals surface area contributed by atoms with Crippen LogP contribution in [-0.4, -0.2) is 12.8 Å². The summed E-state index contributed by atoms with van der Waals surface area (Å²) in [6.07, 6.45) is -1.40. The van der Waals surface area contributed by atoms with Crippen molar-refractivity contribution in [1.82, 2.24) is 0 Å². The molecule has 1 aliphatic carbocycles. The van der Waals surface area contributed by atoms with Crippen molar-refractivity contribution in [2.45, 2.75) is 44.7 Å². The summed E-state index contributed by atoms with van der Waals surface area (Å²) in [5.41, 5.74) is 0.729. The molecule has 3 aromatic rings.